The van der Waals surface area contributed by atoms with Gasteiger partial charge in [0.15, 0.2) is 0 Å². The van der Waals surface area contributed by atoms with Gasteiger partial charge in [-0.15, -0.1) is 0 Å². The van der Waals surface area contributed by atoms with E-state index in [1.54, 1.807) is 0 Å². The molecule has 1 aliphatic rings. The van der Waals surface area contributed by atoms with Crippen LogP contribution in [-0.2, 0) is 11.2 Å². The molecule has 1 aromatic heterocycles. The molecule has 1 aromatic carbocycles. The zero-order chi connectivity index (χ0) is 19.1. The molecule has 146 valence electrons. The lowest BCUT2D eigenvalue weighted by molar-refractivity contribution is -0.121. The first kappa shape index (κ1) is 19.8. The third-order valence-electron chi connectivity index (χ3n) is 4.65. The van der Waals surface area contributed by atoms with Gasteiger partial charge in [0.1, 0.15) is 5.82 Å². The van der Waals surface area contributed by atoms with Crippen LogP contribution in [0.5, 0.6) is 0 Å². The monoisotopic (exact) mass is 387 g/mol. The highest BCUT2D eigenvalue weighted by molar-refractivity contribution is 7.09. The summed E-state index contributed by atoms with van der Waals surface area (Å²) in [5.74, 6) is 1.46. The summed E-state index contributed by atoms with van der Waals surface area (Å²) in [6.07, 6.45) is 1.39. The summed E-state index contributed by atoms with van der Waals surface area (Å²) in [5, 5.41) is 4.04. The Morgan fingerprint density at radius 3 is 2.63 bits per heavy atom. The van der Waals surface area contributed by atoms with Crippen molar-refractivity contribution in [3.63, 3.8) is 0 Å². The number of hydrogen-bond donors (Lipinski definition) is 1. The van der Waals surface area contributed by atoms with Crippen LogP contribution >= 0.6 is 11.5 Å². The van der Waals surface area contributed by atoms with Crippen molar-refractivity contribution >= 4 is 22.6 Å². The van der Waals surface area contributed by atoms with Gasteiger partial charge < -0.3 is 10.2 Å². The molecule has 7 heteroatoms. The van der Waals surface area contributed by atoms with E-state index in [2.05, 4.69) is 45.5 Å². The number of anilines is 1. The number of nitrogens with zero attached hydrogens (tertiary/aromatic N) is 4. The average molecular weight is 388 g/mol. The number of piperazine rings is 1. The fraction of sp³-hybridized carbons (Fsp3) is 0.550. The summed E-state index contributed by atoms with van der Waals surface area (Å²) in [6.45, 7) is 9.68. The van der Waals surface area contributed by atoms with E-state index in [4.69, 9.17) is 4.98 Å². The van der Waals surface area contributed by atoms with Crippen molar-refractivity contribution in [3.8, 4) is 0 Å². The predicted octanol–water partition coefficient (Wildman–Crippen LogP) is 2.41. The maximum atomic E-state index is 11.7. The minimum absolute atomic E-state index is 0.156. The van der Waals surface area contributed by atoms with Gasteiger partial charge in [-0.05, 0) is 11.5 Å². The lowest BCUT2D eigenvalue weighted by Gasteiger charge is -2.34. The summed E-state index contributed by atoms with van der Waals surface area (Å²) in [4.78, 5) is 21.2. The SMILES string of the molecule is CC(C)CC(=O)NCCN1CCN(c2nc(Cc3ccccc3)ns2)CC1. The normalized spacial score (nSPS) is 15.3. The maximum Gasteiger partial charge on any atom is 0.220 e. The molecule has 6 nitrogen and oxygen atoms in total. The highest BCUT2D eigenvalue weighted by Gasteiger charge is 2.20. The second-order valence-electron chi connectivity index (χ2n) is 7.43. The van der Waals surface area contributed by atoms with Crippen molar-refractivity contribution < 1.29 is 4.79 Å². The number of aromatic nitrogens is 2. The Kier molecular flexibility index (Phi) is 7.18. The Bertz CT molecular complexity index is 710. The fourth-order valence-corrected chi connectivity index (χ4v) is 3.92. The van der Waals surface area contributed by atoms with E-state index in [0.29, 0.717) is 12.3 Å². The molecule has 0 spiro atoms. The first-order valence-corrected chi connectivity index (χ1v) is 10.5. The van der Waals surface area contributed by atoms with Crippen LogP contribution in [0.25, 0.3) is 0 Å². The standard InChI is InChI=1S/C20H29N5OS/c1-16(2)14-19(26)21-8-9-24-10-12-25(13-11-24)20-22-18(23-27-20)15-17-6-4-3-5-7-17/h3-7,16H,8-15H2,1-2H3,(H,21,26). The molecule has 0 radical (unpaired) electrons. The topological polar surface area (TPSA) is 61.4 Å². The molecule has 0 bridgehead atoms. The number of hydrogen-bond acceptors (Lipinski definition) is 6. The van der Waals surface area contributed by atoms with Crippen molar-refractivity contribution in [2.45, 2.75) is 26.7 Å². The molecule has 2 heterocycles. The first-order valence-electron chi connectivity index (χ1n) is 9.70. The summed E-state index contributed by atoms with van der Waals surface area (Å²) in [7, 11) is 0. The Balaban J connectivity index is 1.40. The molecule has 0 unspecified atom stereocenters. The molecule has 1 N–H and O–H groups in total. The minimum Gasteiger partial charge on any atom is -0.355 e. The van der Waals surface area contributed by atoms with Crippen LogP contribution in [0.15, 0.2) is 30.3 Å². The van der Waals surface area contributed by atoms with Crippen molar-refractivity contribution in [1.29, 1.82) is 0 Å². The number of carbonyl (C=O) groups is 1. The van der Waals surface area contributed by atoms with E-state index in [0.717, 1.165) is 56.6 Å². The van der Waals surface area contributed by atoms with Gasteiger partial charge in [0.2, 0.25) is 11.0 Å². The van der Waals surface area contributed by atoms with Crippen LogP contribution in [0.2, 0.25) is 0 Å². The summed E-state index contributed by atoms with van der Waals surface area (Å²) in [6, 6.07) is 10.3. The second kappa shape index (κ2) is 9.80. The van der Waals surface area contributed by atoms with Crippen LogP contribution in [0.3, 0.4) is 0 Å². The molecule has 1 aliphatic heterocycles. The summed E-state index contributed by atoms with van der Waals surface area (Å²) >= 11 is 1.49. The molecule has 2 aromatic rings. The highest BCUT2D eigenvalue weighted by atomic mass is 32.1. The highest BCUT2D eigenvalue weighted by Crippen LogP contribution is 2.20. The molecule has 1 amide bonds. The van der Waals surface area contributed by atoms with E-state index in [1.807, 2.05) is 18.2 Å². The number of rotatable bonds is 8. The van der Waals surface area contributed by atoms with E-state index >= 15 is 0 Å². The molecule has 1 saturated heterocycles. The van der Waals surface area contributed by atoms with Crippen molar-refractivity contribution in [2.24, 2.45) is 5.92 Å². The van der Waals surface area contributed by atoms with Gasteiger partial charge in [0.25, 0.3) is 0 Å². The number of nitrogens with one attached hydrogen (secondary N) is 1. The molecule has 27 heavy (non-hydrogen) atoms. The smallest absolute Gasteiger partial charge is 0.220 e. The largest absolute Gasteiger partial charge is 0.355 e. The Hall–Kier alpha value is -1.99. The quantitative estimate of drug-likeness (QED) is 0.754. The average Bonchev–Trinajstić information content (AvgIpc) is 3.11. The van der Waals surface area contributed by atoms with Crippen LogP contribution in [0.1, 0.15) is 31.7 Å². The van der Waals surface area contributed by atoms with Crippen LogP contribution in [0.4, 0.5) is 5.13 Å². The lowest BCUT2D eigenvalue weighted by atomic mass is 10.1. The zero-order valence-electron chi connectivity index (χ0n) is 16.2. The second-order valence-corrected chi connectivity index (χ2v) is 8.16. The van der Waals surface area contributed by atoms with E-state index in [-0.39, 0.29) is 5.91 Å². The molecule has 0 atom stereocenters. The van der Waals surface area contributed by atoms with Gasteiger partial charge in [-0.3, -0.25) is 9.69 Å². The number of carbonyl (C=O) groups excluding carboxylic acids is 1. The van der Waals surface area contributed by atoms with Gasteiger partial charge >= 0.3 is 0 Å². The Morgan fingerprint density at radius 2 is 1.93 bits per heavy atom. The molecule has 1 fully saturated rings. The molecule has 3 rings (SSSR count). The van der Waals surface area contributed by atoms with Gasteiger partial charge in [0.05, 0.1) is 0 Å². The van der Waals surface area contributed by atoms with Crippen LogP contribution in [-0.4, -0.2) is 59.4 Å². The van der Waals surface area contributed by atoms with E-state index in [9.17, 15) is 4.79 Å². The van der Waals surface area contributed by atoms with Gasteiger partial charge in [-0.1, -0.05) is 44.2 Å². The number of amides is 1. The lowest BCUT2D eigenvalue weighted by Crippen LogP contribution is -2.48. The third kappa shape index (κ3) is 6.29. The van der Waals surface area contributed by atoms with E-state index < -0.39 is 0 Å². The molecular formula is C20H29N5OS. The molecule has 0 aliphatic carbocycles. The third-order valence-corrected chi connectivity index (χ3v) is 5.46. The van der Waals surface area contributed by atoms with Crippen LogP contribution in [0, 0.1) is 5.92 Å². The summed E-state index contributed by atoms with van der Waals surface area (Å²) in [5.41, 5.74) is 1.24. The van der Waals surface area contributed by atoms with Crippen molar-refractivity contribution in [2.75, 3.05) is 44.2 Å². The van der Waals surface area contributed by atoms with Crippen LogP contribution < -0.4 is 10.2 Å². The molecule has 0 saturated carbocycles. The predicted molar refractivity (Wildman–Crippen MR) is 110 cm³/mol. The van der Waals surface area contributed by atoms with Gasteiger partial charge in [-0.2, -0.15) is 4.37 Å². The fourth-order valence-electron chi connectivity index (χ4n) is 3.18. The van der Waals surface area contributed by atoms with Gasteiger partial charge in [0, 0.05) is 63.6 Å². The Morgan fingerprint density at radius 1 is 1.19 bits per heavy atom. The molecular weight excluding hydrogens is 358 g/mol. The first-order chi connectivity index (χ1) is 13.1. The Labute approximate surface area is 165 Å². The van der Waals surface area contributed by atoms with Crippen molar-refractivity contribution in [1.82, 2.24) is 19.6 Å². The zero-order valence-corrected chi connectivity index (χ0v) is 17.0. The van der Waals surface area contributed by atoms with Gasteiger partial charge in [-0.25, -0.2) is 4.98 Å². The minimum atomic E-state index is 0.156. The van der Waals surface area contributed by atoms with E-state index in [1.165, 1.54) is 17.1 Å². The summed E-state index contributed by atoms with van der Waals surface area (Å²) < 4.78 is 4.53. The maximum absolute atomic E-state index is 11.7. The van der Waals surface area contributed by atoms with Crippen molar-refractivity contribution in [3.05, 3.63) is 41.7 Å². The number of benzene rings is 1.